The van der Waals surface area contributed by atoms with Gasteiger partial charge in [-0.05, 0) is 123 Å². The topological polar surface area (TPSA) is 249 Å². The van der Waals surface area contributed by atoms with Crippen molar-refractivity contribution in [3.63, 3.8) is 0 Å². The fraction of sp³-hybridized carbons (Fsp3) is 0.383. The zero-order chi connectivity index (χ0) is 47.8. The predicted octanol–water partition coefficient (Wildman–Crippen LogP) is 6.92. The van der Waals surface area contributed by atoms with Gasteiger partial charge in [0.25, 0.3) is 0 Å². The number of carboxylic acids is 1. The van der Waals surface area contributed by atoms with E-state index in [1.54, 1.807) is 104 Å². The molecule has 2 atom stereocenters. The van der Waals surface area contributed by atoms with Gasteiger partial charge in [-0.25, -0.2) is 4.79 Å². The first-order valence-electron chi connectivity index (χ1n) is 20.5. The van der Waals surface area contributed by atoms with Gasteiger partial charge in [0.2, 0.25) is 5.91 Å². The molecule has 2 heterocycles. The Bertz CT molecular complexity index is 1990. The summed E-state index contributed by atoms with van der Waals surface area (Å²) in [6.07, 6.45) is 3.81. The van der Waals surface area contributed by atoms with Crippen LogP contribution >= 0.6 is 63.4 Å². The van der Waals surface area contributed by atoms with E-state index < -0.39 is 12.0 Å². The van der Waals surface area contributed by atoms with E-state index in [1.165, 1.54) is 0 Å². The van der Waals surface area contributed by atoms with Crippen LogP contribution in [0.15, 0.2) is 97.1 Å². The minimum Gasteiger partial charge on any atom is -0.870 e. The van der Waals surface area contributed by atoms with Crippen molar-refractivity contribution in [2.24, 2.45) is 5.73 Å². The number of carbonyl (C=O) groups is 5. The number of halogens is 5. The van der Waals surface area contributed by atoms with Gasteiger partial charge in [-0.2, -0.15) is 0 Å². The number of esters is 3. The Labute approximate surface area is 456 Å². The number of carboxylic acid groups (broad SMARTS) is 1. The van der Waals surface area contributed by atoms with Crippen molar-refractivity contribution in [1.29, 1.82) is 0 Å². The number of phenols is 1. The van der Waals surface area contributed by atoms with Gasteiger partial charge in [0.1, 0.15) is 35.1 Å². The first-order valence-corrected chi connectivity index (χ1v) is 22.0. The van der Waals surface area contributed by atoms with E-state index in [1.807, 2.05) is 0 Å². The van der Waals surface area contributed by atoms with Crippen molar-refractivity contribution in [1.82, 2.24) is 5.32 Å². The number of ether oxygens (including phenoxy) is 6. The monoisotopic (exact) mass is 1120 g/mol. The van der Waals surface area contributed by atoms with Gasteiger partial charge in [-0.15, -0.1) is 17.0 Å². The average Bonchev–Trinajstić information content (AvgIpc) is 3.88. The Hall–Kier alpha value is -4.01. The summed E-state index contributed by atoms with van der Waals surface area (Å²) in [5.74, 6) is 0.674. The van der Waals surface area contributed by atoms with Crippen molar-refractivity contribution < 1.29 is 97.6 Å². The van der Waals surface area contributed by atoms with E-state index >= 15 is 0 Å². The number of rotatable bonds is 17. The number of amides is 1. The van der Waals surface area contributed by atoms with Crippen LogP contribution in [0.5, 0.6) is 23.0 Å². The fourth-order valence-electron chi connectivity index (χ4n) is 4.91. The van der Waals surface area contributed by atoms with Crippen LogP contribution in [0.2, 0.25) is 20.1 Å². The first kappa shape index (κ1) is 69.3. The quantitative estimate of drug-likeness (QED) is 0.0362. The standard InChI is InChI=1S/C14H16ClNO4.C12H15ClO3.C10H11ClO3.C6H5ClO.C4H7NO2.CH4.BrH.Na.H2O/c15-10-3-5-11(6-4-10)19-8-1-2-13(17)16-12-7-9-20-14(12)18;1-2-15-12(14)4-3-9-16-11-7-5-10(13)6-8-11;11-8-3-5-9(6-4-8)14-7-1-2-10(12)13;7-5-1-3-6(8)4-2-5;5-3-1-2-7-4(3)6;;;;/h3-6,12H,1-2,7-9H2,(H,16,17);5-8H,2-4,9H2,1H3;3-6H,1-2,7H2,(H,12,13);1-4,8H;3H,1-2,5H2;1H4;1H;;1H2/q;;;;;;;+1;/p-1. The van der Waals surface area contributed by atoms with Gasteiger partial charge >= 0.3 is 53.4 Å². The molecule has 2 fully saturated rings. The van der Waals surface area contributed by atoms with Gasteiger partial charge in [-0.1, -0.05) is 53.8 Å². The summed E-state index contributed by atoms with van der Waals surface area (Å²) in [5, 5.41) is 22.3. The van der Waals surface area contributed by atoms with E-state index in [9.17, 15) is 24.0 Å². The molecule has 0 bridgehead atoms. The SMILES string of the molecule is Br.C.CCOC(=O)CCCOc1ccc(Cl)cc1.NC1CCOC1=O.O=C(CCCOc1ccc(Cl)cc1)NC1CCOC1=O.O=C(O)CCCOc1ccc(Cl)cc1.Oc1ccc(Cl)cc1.[Na+].[OH-]. The maximum atomic E-state index is 11.6. The van der Waals surface area contributed by atoms with Crippen molar-refractivity contribution in [2.75, 3.05) is 39.6 Å². The minimum absolute atomic E-state index is 0. The maximum absolute atomic E-state index is 11.6. The Morgan fingerprint density at radius 2 is 1.03 bits per heavy atom. The molecule has 2 saturated heterocycles. The number of carbonyl (C=O) groups excluding carboxylic acids is 4. The number of benzene rings is 4. The van der Waals surface area contributed by atoms with Crippen molar-refractivity contribution in [2.45, 2.75) is 77.8 Å². The van der Waals surface area contributed by atoms with Gasteiger partial charge in [0.05, 0.1) is 39.6 Å². The van der Waals surface area contributed by atoms with Crippen LogP contribution in [-0.2, 0) is 38.2 Å². The Kier molecular flexibility index (Phi) is 41.9. The summed E-state index contributed by atoms with van der Waals surface area (Å²) in [7, 11) is 0. The number of nitrogens with one attached hydrogen (secondary N) is 1. The zero-order valence-corrected chi connectivity index (χ0v) is 44.4. The summed E-state index contributed by atoms with van der Waals surface area (Å²) in [6, 6.07) is 26.7. The summed E-state index contributed by atoms with van der Waals surface area (Å²) < 4.78 is 30.3. The van der Waals surface area contributed by atoms with Crippen LogP contribution in [-0.4, -0.2) is 97.2 Å². The van der Waals surface area contributed by atoms with E-state index in [2.05, 4.69) is 10.1 Å². The molecule has 4 aromatic carbocycles. The molecule has 0 radical (unpaired) electrons. The van der Waals surface area contributed by atoms with E-state index in [0.717, 1.165) is 5.75 Å². The molecule has 6 N–H and O–H groups in total. The Balaban J connectivity index is -0.000000811. The van der Waals surface area contributed by atoms with Crippen molar-refractivity contribution in [3.8, 4) is 23.0 Å². The molecule has 2 aliphatic heterocycles. The fourth-order valence-corrected chi connectivity index (χ4v) is 5.42. The number of aliphatic carboxylic acids is 1. The summed E-state index contributed by atoms with van der Waals surface area (Å²) in [4.78, 5) is 54.2. The molecule has 2 unspecified atom stereocenters. The first-order chi connectivity index (χ1) is 31.1. The third kappa shape index (κ3) is 34.9. The smallest absolute Gasteiger partial charge is 0.870 e. The number of phenolic OH excluding ortho intramolecular Hbond substituents is 1. The van der Waals surface area contributed by atoms with Crippen molar-refractivity contribution >= 4 is 93.2 Å². The van der Waals surface area contributed by atoms with E-state index in [-0.39, 0.29) is 101 Å². The largest absolute Gasteiger partial charge is 1.00 e. The van der Waals surface area contributed by atoms with Crippen LogP contribution in [0.25, 0.3) is 0 Å². The second kappa shape index (κ2) is 41.7. The second-order valence-corrected chi connectivity index (χ2v) is 15.3. The number of nitrogens with two attached hydrogens (primary N) is 1. The van der Waals surface area contributed by atoms with Crippen LogP contribution < -0.4 is 54.8 Å². The normalized spacial score (nSPS) is 13.5. The average molecular weight is 1120 g/mol. The summed E-state index contributed by atoms with van der Waals surface area (Å²) in [6.45, 7) is 4.45. The Morgan fingerprint density at radius 1 is 0.652 bits per heavy atom. The molecule has 69 heavy (non-hydrogen) atoms. The molecule has 0 aliphatic carbocycles. The molecule has 6 rings (SSSR count). The predicted molar refractivity (Wildman–Crippen MR) is 266 cm³/mol. The second-order valence-electron chi connectivity index (χ2n) is 13.5. The molecular weight excluding hydrogens is 1060 g/mol. The molecule has 0 spiro atoms. The van der Waals surface area contributed by atoms with Gasteiger partial charge in [0, 0.05) is 52.2 Å². The molecule has 2 aliphatic rings. The molecular formula is C47H60BrCl4N2NaO14. The Morgan fingerprint density at radius 3 is 1.35 bits per heavy atom. The number of cyclic esters (lactones) is 2. The third-order valence-corrected chi connectivity index (χ3v) is 9.24. The van der Waals surface area contributed by atoms with E-state index in [0.29, 0.717) is 116 Å². The number of aromatic hydroxyl groups is 1. The molecule has 1 amide bonds. The molecule has 0 aromatic heterocycles. The van der Waals surface area contributed by atoms with Gasteiger partial charge < -0.3 is 55.2 Å². The molecule has 4 aromatic rings. The van der Waals surface area contributed by atoms with Crippen molar-refractivity contribution in [3.05, 3.63) is 117 Å². The van der Waals surface area contributed by atoms with Crippen LogP contribution in [0.4, 0.5) is 0 Å². The molecule has 378 valence electrons. The maximum Gasteiger partial charge on any atom is 1.00 e. The number of hydrogen-bond acceptors (Lipinski definition) is 14. The van der Waals surface area contributed by atoms with Gasteiger partial charge in [-0.3, -0.25) is 19.2 Å². The zero-order valence-electron chi connectivity index (χ0n) is 37.6. The molecule has 0 saturated carbocycles. The van der Waals surface area contributed by atoms with Gasteiger partial charge in [0.15, 0.2) is 0 Å². The van der Waals surface area contributed by atoms with Crippen LogP contribution in [0.3, 0.4) is 0 Å². The molecule has 22 heteroatoms. The molecule has 16 nitrogen and oxygen atoms in total. The van der Waals surface area contributed by atoms with E-state index in [4.69, 9.17) is 86.0 Å². The minimum atomic E-state index is -0.801. The summed E-state index contributed by atoms with van der Waals surface area (Å²) >= 11 is 22.7. The third-order valence-electron chi connectivity index (χ3n) is 8.23. The van der Waals surface area contributed by atoms with Crippen LogP contribution in [0, 0.1) is 0 Å². The summed E-state index contributed by atoms with van der Waals surface area (Å²) in [5.41, 5.74) is 5.20. The van der Waals surface area contributed by atoms with Crippen LogP contribution in [0.1, 0.15) is 65.7 Å². The number of hydrogen-bond donors (Lipinski definition) is 4.